The van der Waals surface area contributed by atoms with Crippen molar-refractivity contribution in [1.29, 1.82) is 0 Å². The highest BCUT2D eigenvalue weighted by molar-refractivity contribution is 7.89. The third-order valence-corrected chi connectivity index (χ3v) is 6.69. The summed E-state index contributed by atoms with van der Waals surface area (Å²) in [7, 11) is -3.65. The van der Waals surface area contributed by atoms with E-state index in [0.29, 0.717) is 19.4 Å². The zero-order valence-corrected chi connectivity index (χ0v) is 15.6. The van der Waals surface area contributed by atoms with E-state index in [1.54, 1.807) is 24.3 Å². The number of carbonyl (C=O) groups excluding carboxylic acids is 2. The molecule has 0 aromatic heterocycles. The van der Waals surface area contributed by atoms with Crippen LogP contribution in [0.5, 0.6) is 0 Å². The summed E-state index contributed by atoms with van der Waals surface area (Å²) in [5, 5.41) is 17.1. The molecule has 0 saturated carbocycles. The molecule has 2 aliphatic rings. The Morgan fingerprint density at radius 2 is 2.07 bits per heavy atom. The van der Waals surface area contributed by atoms with Gasteiger partial charge in [-0.15, -0.1) is 5.17 Å². The Morgan fingerprint density at radius 1 is 1.30 bits per heavy atom. The normalized spacial score (nSPS) is 22.4. The number of hydrogen-bond acceptors (Lipinski definition) is 7. The molecule has 10 nitrogen and oxygen atoms in total. The van der Waals surface area contributed by atoms with Gasteiger partial charge in [-0.3, -0.25) is 5.21 Å². The number of hydroxylamine groups is 1. The van der Waals surface area contributed by atoms with Crippen molar-refractivity contribution >= 4 is 22.3 Å². The molecule has 2 aliphatic heterocycles. The smallest absolute Gasteiger partial charge is 0.316 e. The van der Waals surface area contributed by atoms with Gasteiger partial charge in [-0.2, -0.15) is 4.31 Å². The second-order valence-corrected chi connectivity index (χ2v) is 8.32. The fourth-order valence-corrected chi connectivity index (χ4v) is 4.88. The number of carbonyl (C=O) groups is 2. The summed E-state index contributed by atoms with van der Waals surface area (Å²) in [6.07, 6.45) is 2.77. The van der Waals surface area contributed by atoms with Crippen LogP contribution in [0, 0.1) is 0 Å². The first-order valence-corrected chi connectivity index (χ1v) is 10.2. The quantitative estimate of drug-likeness (QED) is 0.343. The molecule has 0 unspecified atom stereocenters. The molecule has 148 valence electrons. The minimum atomic E-state index is -3.65. The van der Waals surface area contributed by atoms with Crippen LogP contribution in [0.25, 0.3) is 0 Å². The zero-order chi connectivity index (χ0) is 19.4. The standard InChI is InChI=1S/C16H23N5O5S/c22-10-14-5-3-8-20(14)21(24)12-18-16(23)17-11-19-9-7-13-4-1-2-6-15(13)27(19,25)26/h1-2,4,6,10,14,24H,3,5,7-9,11-12H2,(H2,17,18,23)/t14-/m0/s1. The van der Waals surface area contributed by atoms with E-state index in [9.17, 15) is 23.2 Å². The van der Waals surface area contributed by atoms with Crippen molar-refractivity contribution in [3.8, 4) is 0 Å². The number of urea groups is 1. The Labute approximate surface area is 157 Å². The van der Waals surface area contributed by atoms with Crippen LogP contribution in [-0.2, 0) is 21.2 Å². The van der Waals surface area contributed by atoms with Crippen LogP contribution in [0.4, 0.5) is 4.79 Å². The summed E-state index contributed by atoms with van der Waals surface area (Å²) in [5.41, 5.74) is 0.768. The molecule has 2 heterocycles. The van der Waals surface area contributed by atoms with Crippen molar-refractivity contribution in [3.63, 3.8) is 0 Å². The number of nitrogens with zero attached hydrogens (tertiary/aromatic N) is 3. The molecular weight excluding hydrogens is 374 g/mol. The van der Waals surface area contributed by atoms with Gasteiger partial charge in [-0.05, 0) is 30.9 Å². The Balaban J connectivity index is 1.49. The third kappa shape index (κ3) is 4.28. The van der Waals surface area contributed by atoms with E-state index in [0.717, 1.165) is 23.4 Å². The van der Waals surface area contributed by atoms with E-state index >= 15 is 0 Å². The molecule has 1 aromatic rings. The average Bonchev–Trinajstić information content (AvgIpc) is 3.14. The van der Waals surface area contributed by atoms with Crippen LogP contribution in [0.1, 0.15) is 18.4 Å². The molecule has 3 rings (SSSR count). The van der Waals surface area contributed by atoms with E-state index in [4.69, 9.17) is 0 Å². The second-order valence-electron chi connectivity index (χ2n) is 6.42. The summed E-state index contributed by atoms with van der Waals surface area (Å²) < 4.78 is 26.4. The highest BCUT2D eigenvalue weighted by atomic mass is 32.2. The monoisotopic (exact) mass is 397 g/mol. The predicted octanol–water partition coefficient (Wildman–Crippen LogP) is -0.283. The first-order valence-electron chi connectivity index (χ1n) is 8.71. The molecule has 3 N–H and O–H groups in total. The first-order chi connectivity index (χ1) is 12.9. The van der Waals surface area contributed by atoms with Gasteiger partial charge in [-0.1, -0.05) is 18.2 Å². The molecule has 1 saturated heterocycles. The van der Waals surface area contributed by atoms with Gasteiger partial charge in [-0.25, -0.2) is 18.2 Å². The minimum absolute atomic E-state index is 0.172. The summed E-state index contributed by atoms with van der Waals surface area (Å²) in [4.78, 5) is 23.1. The maximum absolute atomic E-state index is 12.6. The van der Waals surface area contributed by atoms with Gasteiger partial charge in [0.1, 0.15) is 13.0 Å². The molecule has 1 atom stereocenters. The van der Waals surface area contributed by atoms with Gasteiger partial charge >= 0.3 is 6.03 Å². The number of aldehydes is 1. The van der Waals surface area contributed by atoms with Crippen molar-refractivity contribution < 1.29 is 23.2 Å². The van der Waals surface area contributed by atoms with E-state index < -0.39 is 22.1 Å². The van der Waals surface area contributed by atoms with E-state index in [1.807, 2.05) is 0 Å². The summed E-state index contributed by atoms with van der Waals surface area (Å²) >= 11 is 0. The molecule has 1 fully saturated rings. The summed E-state index contributed by atoms with van der Waals surface area (Å²) in [5.74, 6) is 0. The maximum Gasteiger partial charge on any atom is 0.316 e. The largest absolute Gasteiger partial charge is 0.324 e. The van der Waals surface area contributed by atoms with Crippen molar-refractivity contribution in [2.45, 2.75) is 30.2 Å². The SMILES string of the molecule is O=C[C@@H]1CCCN1N(O)CNC(=O)NCN1CCc2ccccc2S1(=O)=O. The maximum atomic E-state index is 12.6. The molecule has 11 heteroatoms. The van der Waals surface area contributed by atoms with Crippen LogP contribution in [0.15, 0.2) is 29.2 Å². The number of hydrazine groups is 1. The third-order valence-electron chi connectivity index (χ3n) is 4.74. The number of benzene rings is 1. The fourth-order valence-electron chi connectivity index (χ4n) is 3.29. The molecule has 0 aliphatic carbocycles. The molecule has 27 heavy (non-hydrogen) atoms. The minimum Gasteiger partial charge on any atom is -0.324 e. The van der Waals surface area contributed by atoms with Crippen LogP contribution in [0.3, 0.4) is 0 Å². The molecule has 1 aromatic carbocycles. The Kier molecular flexibility index (Phi) is 6.07. The zero-order valence-electron chi connectivity index (χ0n) is 14.7. The van der Waals surface area contributed by atoms with E-state index in [1.165, 1.54) is 9.31 Å². The lowest BCUT2D eigenvalue weighted by Gasteiger charge is -2.29. The van der Waals surface area contributed by atoms with Gasteiger partial charge < -0.3 is 15.4 Å². The number of fused-ring (bicyclic) bond motifs is 1. The number of amides is 2. The lowest BCUT2D eigenvalue weighted by molar-refractivity contribution is -0.249. The lowest BCUT2D eigenvalue weighted by Crippen LogP contribution is -2.52. The topological polar surface area (TPSA) is 122 Å². The lowest BCUT2D eigenvalue weighted by atomic mass is 10.1. The highest BCUT2D eigenvalue weighted by Crippen LogP contribution is 2.25. The molecule has 0 radical (unpaired) electrons. The Bertz CT molecular complexity index is 802. The second kappa shape index (κ2) is 8.31. The molecular formula is C16H23N5O5S. The van der Waals surface area contributed by atoms with Gasteiger partial charge in [0.15, 0.2) is 0 Å². The van der Waals surface area contributed by atoms with Crippen molar-refractivity contribution in [1.82, 2.24) is 25.1 Å². The van der Waals surface area contributed by atoms with E-state index in [-0.39, 0.29) is 24.8 Å². The predicted molar refractivity (Wildman–Crippen MR) is 94.9 cm³/mol. The molecule has 0 bridgehead atoms. The van der Waals surface area contributed by atoms with Gasteiger partial charge in [0, 0.05) is 13.1 Å². The number of rotatable bonds is 6. The van der Waals surface area contributed by atoms with Crippen LogP contribution in [0.2, 0.25) is 0 Å². The van der Waals surface area contributed by atoms with Crippen molar-refractivity contribution in [2.24, 2.45) is 0 Å². The first kappa shape index (κ1) is 19.7. The van der Waals surface area contributed by atoms with Crippen molar-refractivity contribution in [2.75, 3.05) is 26.4 Å². The van der Waals surface area contributed by atoms with E-state index in [2.05, 4.69) is 10.6 Å². The molecule has 2 amide bonds. The number of hydrogen-bond donors (Lipinski definition) is 3. The van der Waals surface area contributed by atoms with Crippen LogP contribution >= 0.6 is 0 Å². The van der Waals surface area contributed by atoms with Crippen LogP contribution < -0.4 is 10.6 Å². The van der Waals surface area contributed by atoms with Gasteiger partial charge in [0.2, 0.25) is 10.0 Å². The van der Waals surface area contributed by atoms with Gasteiger partial charge in [0.05, 0.1) is 17.6 Å². The van der Waals surface area contributed by atoms with Crippen molar-refractivity contribution in [3.05, 3.63) is 29.8 Å². The fraction of sp³-hybridized carbons (Fsp3) is 0.500. The Hall–Kier alpha value is -2.05. The van der Waals surface area contributed by atoms with Gasteiger partial charge in [0.25, 0.3) is 0 Å². The number of sulfonamides is 1. The summed E-state index contributed by atoms with van der Waals surface area (Å²) in [6.45, 7) is 0.412. The Morgan fingerprint density at radius 3 is 2.85 bits per heavy atom. The summed E-state index contributed by atoms with van der Waals surface area (Å²) in [6, 6.07) is 5.78. The average molecular weight is 397 g/mol. The van der Waals surface area contributed by atoms with Crippen LogP contribution in [-0.4, -0.2) is 72.9 Å². The molecule has 0 spiro atoms. The highest BCUT2D eigenvalue weighted by Gasteiger charge is 2.31. The number of nitrogens with one attached hydrogen (secondary N) is 2.